The molecule has 0 spiro atoms. The summed E-state index contributed by atoms with van der Waals surface area (Å²) in [5.74, 6) is -3.45. The molecule has 3 aromatic rings. The summed E-state index contributed by atoms with van der Waals surface area (Å²) in [5, 5.41) is 1.97. The van der Waals surface area contributed by atoms with Crippen LogP contribution in [0.2, 0.25) is 0 Å². The van der Waals surface area contributed by atoms with E-state index in [0.717, 1.165) is 4.90 Å². The van der Waals surface area contributed by atoms with Gasteiger partial charge in [-0.3, -0.25) is 14.0 Å². The van der Waals surface area contributed by atoms with Crippen molar-refractivity contribution in [3.63, 3.8) is 0 Å². The predicted molar refractivity (Wildman–Crippen MR) is 111 cm³/mol. The molecule has 4 rings (SSSR count). The molecule has 3 amide bonds. The van der Waals surface area contributed by atoms with Crippen molar-refractivity contribution in [3.8, 4) is 11.3 Å². The van der Waals surface area contributed by atoms with Gasteiger partial charge in [0.1, 0.15) is 12.2 Å². The van der Waals surface area contributed by atoms with E-state index < -0.39 is 43.7 Å². The van der Waals surface area contributed by atoms with Gasteiger partial charge in [0.05, 0.1) is 30.7 Å². The third-order valence-corrected chi connectivity index (χ3v) is 5.04. The molecule has 0 aliphatic carbocycles. The van der Waals surface area contributed by atoms with E-state index in [2.05, 4.69) is 9.82 Å². The van der Waals surface area contributed by atoms with Crippen LogP contribution in [0.15, 0.2) is 48.8 Å². The highest BCUT2D eigenvalue weighted by Crippen LogP contribution is 2.29. The first-order valence-electron chi connectivity index (χ1n) is 9.97. The van der Waals surface area contributed by atoms with Crippen molar-refractivity contribution >= 4 is 29.7 Å². The molecule has 14 heteroatoms. The van der Waals surface area contributed by atoms with Gasteiger partial charge in [-0.05, 0) is 24.3 Å². The SMILES string of the molecule is O=CON(C(=O)NCC(F)(F)F)c1cccc(-c2cnc3cc(C(=O)N4CC(F)(F)C4)ccn23)c1. The smallest absolute Gasteiger partial charge is 0.335 e. The van der Waals surface area contributed by atoms with Gasteiger partial charge in [-0.15, -0.1) is 5.06 Å². The number of hydrogen-bond donors (Lipinski definition) is 1. The summed E-state index contributed by atoms with van der Waals surface area (Å²) < 4.78 is 65.0. The standard InChI is InChI=1S/C21H16F5N5O4/c22-20(23)10-29(11-20)18(33)14-4-5-30-16(8-27-17(30)7-14)13-2-1-3-15(6-13)31(35-12-32)19(34)28-9-21(24,25)26/h1-8,12H,9-11H2,(H,28,34). The largest absolute Gasteiger partial charge is 0.405 e. The second-order valence-corrected chi connectivity index (χ2v) is 7.62. The summed E-state index contributed by atoms with van der Waals surface area (Å²) in [7, 11) is 0. The van der Waals surface area contributed by atoms with Crippen molar-refractivity contribution in [2.75, 3.05) is 24.7 Å². The number of urea groups is 1. The molecule has 184 valence electrons. The third-order valence-electron chi connectivity index (χ3n) is 5.04. The monoisotopic (exact) mass is 497 g/mol. The first-order valence-corrected chi connectivity index (χ1v) is 9.97. The van der Waals surface area contributed by atoms with Crippen LogP contribution in [0, 0.1) is 0 Å². The number of nitrogens with one attached hydrogen (secondary N) is 1. The zero-order valence-corrected chi connectivity index (χ0v) is 17.6. The maximum Gasteiger partial charge on any atom is 0.405 e. The molecule has 35 heavy (non-hydrogen) atoms. The van der Waals surface area contributed by atoms with Crippen molar-refractivity contribution in [3.05, 3.63) is 54.4 Å². The van der Waals surface area contributed by atoms with Crippen molar-refractivity contribution in [2.24, 2.45) is 0 Å². The Morgan fingerprint density at radius 2 is 1.94 bits per heavy atom. The molecule has 3 heterocycles. The lowest BCUT2D eigenvalue weighted by Crippen LogP contribution is -2.58. The minimum absolute atomic E-state index is 0.0465. The Bertz CT molecular complexity index is 1280. The second kappa shape index (κ2) is 8.85. The van der Waals surface area contributed by atoms with Gasteiger partial charge in [-0.1, -0.05) is 12.1 Å². The molecule has 0 atom stereocenters. The Labute approximate surface area is 193 Å². The highest BCUT2D eigenvalue weighted by atomic mass is 19.4. The number of aromatic nitrogens is 2. The summed E-state index contributed by atoms with van der Waals surface area (Å²) in [5.41, 5.74) is 1.37. The fraction of sp³-hybridized carbons (Fsp3) is 0.238. The molecule has 1 aliphatic heterocycles. The van der Waals surface area contributed by atoms with Gasteiger partial charge in [0.25, 0.3) is 11.8 Å². The van der Waals surface area contributed by atoms with Crippen LogP contribution in [0.25, 0.3) is 16.9 Å². The van der Waals surface area contributed by atoms with Gasteiger partial charge in [0.2, 0.25) is 0 Å². The molecule has 1 aliphatic rings. The van der Waals surface area contributed by atoms with Crippen LogP contribution in [0.5, 0.6) is 0 Å². The molecule has 0 unspecified atom stereocenters. The number of anilines is 1. The molecule has 0 saturated carbocycles. The number of imidazole rings is 1. The molecular formula is C21H16F5N5O4. The zero-order chi connectivity index (χ0) is 25.4. The maximum atomic E-state index is 13.1. The number of carbonyl (C=O) groups is 3. The molecule has 1 saturated heterocycles. The van der Waals surface area contributed by atoms with Crippen molar-refractivity contribution in [1.82, 2.24) is 19.6 Å². The van der Waals surface area contributed by atoms with E-state index in [0.29, 0.717) is 22.0 Å². The summed E-state index contributed by atoms with van der Waals surface area (Å²) in [6.07, 6.45) is -1.72. The fourth-order valence-corrected chi connectivity index (χ4v) is 3.47. The van der Waals surface area contributed by atoms with Gasteiger partial charge >= 0.3 is 18.7 Å². The second-order valence-electron chi connectivity index (χ2n) is 7.62. The Balaban J connectivity index is 1.59. The number of nitrogens with zero attached hydrogens (tertiary/aromatic N) is 4. The molecule has 0 bridgehead atoms. The molecule has 1 fully saturated rings. The summed E-state index contributed by atoms with van der Waals surface area (Å²) in [6.45, 7) is -3.05. The molecule has 9 nitrogen and oxygen atoms in total. The molecule has 2 aromatic heterocycles. The number of fused-ring (bicyclic) bond motifs is 1. The van der Waals surface area contributed by atoms with Gasteiger partial charge in [0, 0.05) is 17.3 Å². The van der Waals surface area contributed by atoms with Gasteiger partial charge in [0.15, 0.2) is 0 Å². The Morgan fingerprint density at radius 1 is 1.20 bits per heavy atom. The van der Waals surface area contributed by atoms with Crippen molar-refractivity contribution in [1.29, 1.82) is 0 Å². The van der Waals surface area contributed by atoms with Crippen LogP contribution in [-0.2, 0) is 9.63 Å². The highest BCUT2D eigenvalue weighted by Gasteiger charge is 2.46. The Morgan fingerprint density at radius 3 is 2.60 bits per heavy atom. The zero-order valence-electron chi connectivity index (χ0n) is 17.6. The number of benzene rings is 1. The van der Waals surface area contributed by atoms with Crippen molar-refractivity contribution < 1.29 is 41.2 Å². The number of alkyl halides is 5. The predicted octanol–water partition coefficient (Wildman–Crippen LogP) is 3.26. The average Bonchev–Trinajstić information content (AvgIpc) is 3.22. The Kier molecular flexibility index (Phi) is 6.05. The van der Waals surface area contributed by atoms with Crippen LogP contribution < -0.4 is 10.4 Å². The minimum Gasteiger partial charge on any atom is -0.335 e. The van der Waals surface area contributed by atoms with E-state index in [9.17, 15) is 36.3 Å². The topological polar surface area (TPSA) is 96.2 Å². The first kappa shape index (κ1) is 23.9. The van der Waals surface area contributed by atoms with Crippen LogP contribution in [0.1, 0.15) is 10.4 Å². The van der Waals surface area contributed by atoms with E-state index in [1.165, 1.54) is 42.7 Å². The number of hydroxylamine groups is 1. The molecule has 1 N–H and O–H groups in total. The molecular weight excluding hydrogens is 481 g/mol. The van der Waals surface area contributed by atoms with Crippen molar-refractivity contribution in [2.45, 2.75) is 12.1 Å². The molecule has 1 aromatic carbocycles. The summed E-state index contributed by atoms with van der Waals surface area (Å²) in [6, 6.07) is 7.35. The number of amides is 3. The normalized spacial score (nSPS) is 14.8. The Hall–Kier alpha value is -4.23. The quantitative estimate of drug-likeness (QED) is 0.321. The van der Waals surface area contributed by atoms with E-state index >= 15 is 0 Å². The fourth-order valence-electron chi connectivity index (χ4n) is 3.47. The van der Waals surface area contributed by atoms with E-state index in [1.54, 1.807) is 15.8 Å². The van der Waals surface area contributed by atoms with E-state index in [4.69, 9.17) is 0 Å². The van der Waals surface area contributed by atoms with E-state index in [1.807, 2.05) is 0 Å². The lowest BCUT2D eigenvalue weighted by atomic mass is 10.1. The summed E-state index contributed by atoms with van der Waals surface area (Å²) in [4.78, 5) is 45.2. The van der Waals surface area contributed by atoms with Crippen LogP contribution in [0.4, 0.5) is 32.4 Å². The van der Waals surface area contributed by atoms with Crippen LogP contribution >= 0.6 is 0 Å². The number of rotatable bonds is 6. The minimum atomic E-state index is -4.67. The first-order chi connectivity index (χ1) is 16.5. The number of hydrogen-bond acceptors (Lipinski definition) is 5. The number of pyridine rings is 1. The highest BCUT2D eigenvalue weighted by molar-refractivity contribution is 5.96. The summed E-state index contributed by atoms with van der Waals surface area (Å²) >= 11 is 0. The molecule has 0 radical (unpaired) electrons. The number of likely N-dealkylation sites (tertiary alicyclic amines) is 1. The lowest BCUT2D eigenvalue weighted by molar-refractivity contribution is -0.129. The van der Waals surface area contributed by atoms with Crippen LogP contribution in [-0.4, -0.2) is 64.4 Å². The lowest BCUT2D eigenvalue weighted by Gasteiger charge is -2.38. The van der Waals surface area contributed by atoms with E-state index in [-0.39, 0.29) is 17.7 Å². The average molecular weight is 497 g/mol. The number of carbonyl (C=O) groups excluding carboxylic acids is 3. The van der Waals surface area contributed by atoms with Gasteiger partial charge in [-0.25, -0.2) is 18.6 Å². The van der Waals surface area contributed by atoms with Crippen LogP contribution in [0.3, 0.4) is 0 Å². The third kappa shape index (κ3) is 5.15. The maximum absolute atomic E-state index is 13.1. The van der Waals surface area contributed by atoms with Gasteiger partial charge < -0.3 is 15.1 Å². The number of halogens is 5. The van der Waals surface area contributed by atoms with Gasteiger partial charge in [-0.2, -0.15) is 13.2 Å².